The topological polar surface area (TPSA) is 133 Å². The van der Waals surface area contributed by atoms with Crippen molar-refractivity contribution in [3.63, 3.8) is 0 Å². The fourth-order valence-electron chi connectivity index (χ4n) is 7.50. The van der Waals surface area contributed by atoms with Crippen LogP contribution in [0.25, 0.3) is 0 Å². The van der Waals surface area contributed by atoms with Crippen molar-refractivity contribution in [1.82, 2.24) is 5.32 Å². The van der Waals surface area contributed by atoms with E-state index < -0.39 is 64.4 Å². The van der Waals surface area contributed by atoms with Gasteiger partial charge >= 0.3 is 6.09 Å². The maximum atomic E-state index is 17.1. The molecule has 8 nitrogen and oxygen atoms in total. The fourth-order valence-corrected chi connectivity index (χ4v) is 7.50. The summed E-state index contributed by atoms with van der Waals surface area (Å²) in [7, 11) is 0. The zero-order valence-electron chi connectivity index (χ0n) is 19.8. The van der Waals surface area contributed by atoms with E-state index in [1.807, 2.05) is 6.08 Å². The summed E-state index contributed by atoms with van der Waals surface area (Å²) in [4.78, 5) is 37.0. The van der Waals surface area contributed by atoms with Gasteiger partial charge in [-0.15, -0.1) is 0 Å². The number of ether oxygens (including phenoxy) is 1. The van der Waals surface area contributed by atoms with Crippen LogP contribution < -0.4 is 5.32 Å². The Balaban J connectivity index is 1.66. The van der Waals surface area contributed by atoms with E-state index in [9.17, 15) is 24.6 Å². The van der Waals surface area contributed by atoms with Crippen molar-refractivity contribution in [2.75, 3.05) is 19.8 Å². The number of aliphatic hydroxyl groups is 3. The fraction of sp³-hybridized carbons (Fsp3) is 0.720. The van der Waals surface area contributed by atoms with Crippen LogP contribution in [0.2, 0.25) is 0 Å². The Morgan fingerprint density at radius 2 is 2.00 bits per heavy atom. The van der Waals surface area contributed by atoms with Crippen LogP contribution in [-0.4, -0.2) is 70.1 Å². The summed E-state index contributed by atoms with van der Waals surface area (Å²) in [6.45, 7) is 4.17. The molecule has 0 saturated heterocycles. The Labute approximate surface area is 198 Å². The number of nitrogens with one attached hydrogen (secondary N) is 1. The molecule has 0 spiro atoms. The average Bonchev–Trinajstić information content (AvgIpc) is 2.99. The number of fused-ring (bicyclic) bond motifs is 5. The van der Waals surface area contributed by atoms with Gasteiger partial charge in [0.1, 0.15) is 5.60 Å². The Morgan fingerprint density at radius 3 is 2.68 bits per heavy atom. The third-order valence-corrected chi connectivity index (χ3v) is 9.33. The molecule has 0 aromatic rings. The summed E-state index contributed by atoms with van der Waals surface area (Å²) in [6, 6.07) is 0. The van der Waals surface area contributed by atoms with Gasteiger partial charge in [0.05, 0.1) is 12.7 Å². The third kappa shape index (κ3) is 3.16. The number of halogens is 1. The first-order chi connectivity index (χ1) is 15.9. The SMILES string of the molecule is C[C@@H]1CC2C3CC=C4CC(=O)C=CC4(C)[C@@]3(F)C(O)CC2(C)[C@@]1(O)C(=O)COC(=O)NCCO. The van der Waals surface area contributed by atoms with Crippen molar-refractivity contribution < 1.29 is 38.8 Å². The molecule has 2 saturated carbocycles. The van der Waals surface area contributed by atoms with Gasteiger partial charge < -0.3 is 25.4 Å². The van der Waals surface area contributed by atoms with E-state index in [0.29, 0.717) is 18.4 Å². The average molecular weight is 480 g/mol. The first kappa shape index (κ1) is 25.0. The lowest BCUT2D eigenvalue weighted by Gasteiger charge is -2.62. The number of allylic oxidation sites excluding steroid dienone is 4. The van der Waals surface area contributed by atoms with Crippen molar-refractivity contribution in [2.45, 2.75) is 63.8 Å². The Hall–Kier alpha value is -2.10. The second kappa shape index (κ2) is 8.24. The van der Waals surface area contributed by atoms with Gasteiger partial charge in [0.2, 0.25) is 5.78 Å². The lowest BCUT2D eigenvalue weighted by Crippen LogP contribution is -2.69. The van der Waals surface area contributed by atoms with Crippen molar-refractivity contribution >= 4 is 17.7 Å². The van der Waals surface area contributed by atoms with Crippen molar-refractivity contribution in [3.8, 4) is 0 Å². The molecular formula is C25H34FNO7. The predicted molar refractivity (Wildman–Crippen MR) is 119 cm³/mol. The number of aliphatic hydroxyl groups excluding tert-OH is 2. The minimum atomic E-state index is -2.05. The van der Waals surface area contributed by atoms with Crippen LogP contribution in [-0.2, 0) is 14.3 Å². The monoisotopic (exact) mass is 479 g/mol. The number of alkyl halides is 1. The van der Waals surface area contributed by atoms with Crippen LogP contribution in [0, 0.1) is 28.6 Å². The Bertz CT molecular complexity index is 965. The van der Waals surface area contributed by atoms with E-state index in [-0.39, 0.29) is 31.8 Å². The Kier molecular flexibility index (Phi) is 6.06. The van der Waals surface area contributed by atoms with Crippen LogP contribution in [0.1, 0.15) is 46.5 Å². The number of ketones is 2. The number of hydrogen-bond donors (Lipinski definition) is 4. The number of hydrogen-bond acceptors (Lipinski definition) is 7. The summed E-state index contributed by atoms with van der Waals surface area (Å²) in [5.74, 6) is -2.41. The molecule has 0 radical (unpaired) electrons. The number of amides is 1. The predicted octanol–water partition coefficient (Wildman–Crippen LogP) is 1.62. The molecule has 0 bridgehead atoms. The molecule has 0 aromatic carbocycles. The molecule has 9 heteroatoms. The largest absolute Gasteiger partial charge is 0.441 e. The summed E-state index contributed by atoms with van der Waals surface area (Å²) < 4.78 is 22.0. The highest BCUT2D eigenvalue weighted by Crippen LogP contribution is 2.70. The number of Topliss-reactive ketones (excluding diaryl/α,β-unsaturated/α-hetero) is 1. The molecule has 1 amide bonds. The smallest absolute Gasteiger partial charge is 0.407 e. The molecule has 4 N–H and O–H groups in total. The highest BCUT2D eigenvalue weighted by Gasteiger charge is 2.75. The van der Waals surface area contributed by atoms with E-state index in [1.54, 1.807) is 26.8 Å². The molecule has 8 atom stereocenters. The normalized spacial score (nSPS) is 45.0. The van der Waals surface area contributed by atoms with E-state index in [0.717, 1.165) is 0 Å². The highest BCUT2D eigenvalue weighted by molar-refractivity contribution is 5.94. The molecule has 34 heavy (non-hydrogen) atoms. The third-order valence-electron chi connectivity index (χ3n) is 9.33. The molecule has 4 rings (SSSR count). The molecule has 188 valence electrons. The van der Waals surface area contributed by atoms with Gasteiger partial charge in [0.15, 0.2) is 18.1 Å². The van der Waals surface area contributed by atoms with Gasteiger partial charge in [-0.25, -0.2) is 9.18 Å². The van der Waals surface area contributed by atoms with Crippen LogP contribution in [0.15, 0.2) is 23.8 Å². The lowest BCUT2D eigenvalue weighted by atomic mass is 9.45. The molecule has 0 heterocycles. The van der Waals surface area contributed by atoms with Crippen molar-refractivity contribution in [3.05, 3.63) is 23.8 Å². The molecule has 4 aliphatic rings. The molecule has 2 fully saturated rings. The molecule has 0 aliphatic heterocycles. The van der Waals surface area contributed by atoms with Gasteiger partial charge in [-0.3, -0.25) is 9.59 Å². The van der Waals surface area contributed by atoms with Gasteiger partial charge in [0.25, 0.3) is 0 Å². The molecule has 0 aromatic heterocycles. The first-order valence-electron chi connectivity index (χ1n) is 11.9. The molecule has 4 aliphatic carbocycles. The maximum Gasteiger partial charge on any atom is 0.407 e. The van der Waals surface area contributed by atoms with E-state index in [2.05, 4.69) is 5.32 Å². The summed E-state index contributed by atoms with van der Waals surface area (Å²) in [5, 5.41) is 34.2. The quantitative estimate of drug-likeness (QED) is 0.441. The number of rotatable bonds is 5. The van der Waals surface area contributed by atoms with Crippen LogP contribution in [0.3, 0.4) is 0 Å². The molecular weight excluding hydrogens is 445 g/mol. The summed E-state index contributed by atoms with van der Waals surface area (Å²) in [5.41, 5.74) is -5.58. The van der Waals surface area contributed by atoms with Crippen molar-refractivity contribution in [2.24, 2.45) is 28.6 Å². The summed E-state index contributed by atoms with van der Waals surface area (Å²) in [6.07, 6.45) is 3.14. The number of alkyl carbamates (subject to hydrolysis) is 1. The second-order valence-electron chi connectivity index (χ2n) is 10.8. The Morgan fingerprint density at radius 1 is 1.29 bits per heavy atom. The second-order valence-corrected chi connectivity index (χ2v) is 10.8. The summed E-state index contributed by atoms with van der Waals surface area (Å²) >= 11 is 0. The zero-order chi connectivity index (χ0) is 25.1. The lowest BCUT2D eigenvalue weighted by molar-refractivity contribution is -0.215. The highest BCUT2D eigenvalue weighted by atomic mass is 19.1. The van der Waals surface area contributed by atoms with Crippen LogP contribution >= 0.6 is 0 Å². The van der Waals surface area contributed by atoms with Gasteiger partial charge in [0, 0.05) is 29.7 Å². The minimum Gasteiger partial charge on any atom is -0.441 e. The van der Waals surface area contributed by atoms with E-state index >= 15 is 4.39 Å². The zero-order valence-corrected chi connectivity index (χ0v) is 19.8. The maximum absolute atomic E-state index is 17.1. The van der Waals surface area contributed by atoms with Gasteiger partial charge in [-0.1, -0.05) is 31.6 Å². The van der Waals surface area contributed by atoms with Crippen LogP contribution in [0.4, 0.5) is 9.18 Å². The minimum absolute atomic E-state index is 0.0335. The van der Waals surface area contributed by atoms with Gasteiger partial charge in [-0.2, -0.15) is 0 Å². The van der Waals surface area contributed by atoms with E-state index in [4.69, 9.17) is 9.84 Å². The number of carbonyl (C=O) groups is 3. The number of carbonyl (C=O) groups excluding carboxylic acids is 3. The van der Waals surface area contributed by atoms with Crippen molar-refractivity contribution in [1.29, 1.82) is 0 Å². The van der Waals surface area contributed by atoms with Gasteiger partial charge in [-0.05, 0) is 44.1 Å². The molecule has 5 unspecified atom stereocenters. The van der Waals surface area contributed by atoms with Crippen LogP contribution in [0.5, 0.6) is 0 Å². The standard InChI is InChI=1S/C25H34FNO7/c1-14-10-18-17-5-4-15-11-16(29)6-7-22(15,2)24(17,26)19(30)12-23(18,3)25(14,33)20(31)13-34-21(32)27-8-9-28/h4,6-7,14,17-19,28,30,33H,5,8-13H2,1-3H3,(H,27,32)/t14-,17?,18?,19?,22?,23?,24+,25+/m1/s1. The van der Waals surface area contributed by atoms with E-state index in [1.165, 1.54) is 6.08 Å². The first-order valence-corrected chi connectivity index (χ1v) is 11.9.